The number of carbonyl (C=O) groups excluding carboxylic acids is 2. The first-order valence-electron chi connectivity index (χ1n) is 8.50. The Morgan fingerprint density at radius 1 is 1.42 bits per heavy atom. The van der Waals surface area contributed by atoms with Crippen molar-refractivity contribution in [3.8, 4) is 5.75 Å². The predicted octanol–water partition coefficient (Wildman–Crippen LogP) is 2.01. The third-order valence-electron chi connectivity index (χ3n) is 5.01. The minimum Gasteiger partial charge on any atom is -0.495 e. The van der Waals surface area contributed by atoms with Crippen molar-refractivity contribution in [2.75, 3.05) is 25.1 Å². The summed E-state index contributed by atoms with van der Waals surface area (Å²) in [6.07, 6.45) is 2.62. The van der Waals surface area contributed by atoms with Gasteiger partial charge in [-0.2, -0.15) is 0 Å². The third kappa shape index (κ3) is 2.92. The van der Waals surface area contributed by atoms with Gasteiger partial charge in [0.25, 0.3) is 0 Å². The van der Waals surface area contributed by atoms with Crippen LogP contribution in [0.25, 0.3) is 0 Å². The van der Waals surface area contributed by atoms with Gasteiger partial charge in [0.15, 0.2) is 0 Å². The van der Waals surface area contributed by atoms with Gasteiger partial charge in [0, 0.05) is 31.6 Å². The summed E-state index contributed by atoms with van der Waals surface area (Å²) in [5, 5.41) is 0.440. The van der Waals surface area contributed by atoms with Crippen LogP contribution in [-0.4, -0.2) is 46.9 Å². The zero-order valence-electron chi connectivity index (χ0n) is 14.4. The molecule has 2 aliphatic heterocycles. The Labute approximate surface area is 155 Å². The molecule has 1 saturated heterocycles. The molecule has 0 aliphatic carbocycles. The molecule has 2 amide bonds. The highest BCUT2D eigenvalue weighted by atomic mass is 35.5. The Kier molecular flexibility index (Phi) is 4.32. The molecule has 0 bridgehead atoms. The lowest BCUT2D eigenvalue weighted by Gasteiger charge is -2.28. The van der Waals surface area contributed by atoms with Crippen LogP contribution in [0.1, 0.15) is 17.8 Å². The maximum Gasteiger partial charge on any atom is 0.228 e. The highest BCUT2D eigenvalue weighted by Gasteiger charge is 2.38. The molecule has 1 atom stereocenters. The molecule has 0 unspecified atom stereocenters. The molecule has 1 fully saturated rings. The normalized spacial score (nSPS) is 19.6. The molecule has 2 aromatic rings. The summed E-state index contributed by atoms with van der Waals surface area (Å²) < 4.78 is 5.15. The largest absolute Gasteiger partial charge is 0.495 e. The lowest BCUT2D eigenvalue weighted by Crippen LogP contribution is -2.40. The van der Waals surface area contributed by atoms with E-state index in [0.29, 0.717) is 36.1 Å². The summed E-state index contributed by atoms with van der Waals surface area (Å²) in [5.74, 6) is 0.163. The zero-order chi connectivity index (χ0) is 18.3. The van der Waals surface area contributed by atoms with Crippen molar-refractivity contribution in [3.63, 3.8) is 0 Å². The van der Waals surface area contributed by atoms with Crippen molar-refractivity contribution < 1.29 is 14.3 Å². The third-order valence-corrected chi connectivity index (χ3v) is 5.30. The van der Waals surface area contributed by atoms with E-state index in [4.69, 9.17) is 16.3 Å². The first kappa shape index (κ1) is 16.9. The molecule has 7 nitrogen and oxygen atoms in total. The monoisotopic (exact) mass is 374 g/mol. The Balaban J connectivity index is 1.47. The van der Waals surface area contributed by atoms with Crippen molar-refractivity contribution in [2.24, 2.45) is 5.92 Å². The molecule has 1 N–H and O–H groups in total. The average molecular weight is 375 g/mol. The fraction of sp³-hybridized carbons (Fsp3) is 0.389. The smallest absolute Gasteiger partial charge is 0.228 e. The number of ether oxygens (including phenoxy) is 1. The Morgan fingerprint density at radius 2 is 2.27 bits per heavy atom. The average Bonchev–Trinajstić information content (AvgIpc) is 3.26. The Morgan fingerprint density at radius 3 is 3.04 bits per heavy atom. The zero-order valence-corrected chi connectivity index (χ0v) is 15.1. The first-order chi connectivity index (χ1) is 12.6. The SMILES string of the molecule is COc1ccc(N2C[C@H](C(=O)N3CCc4nc[nH]c4C3)CC2=O)cc1Cl. The molecule has 0 spiro atoms. The molecule has 0 saturated carbocycles. The number of H-pyrrole nitrogens is 1. The van der Waals surface area contributed by atoms with Gasteiger partial charge in [-0.3, -0.25) is 9.59 Å². The number of hydrogen-bond donors (Lipinski definition) is 1. The maximum absolute atomic E-state index is 12.9. The molecule has 2 aliphatic rings. The van der Waals surface area contributed by atoms with Gasteiger partial charge in [0.1, 0.15) is 5.75 Å². The number of nitrogens with zero attached hydrogens (tertiary/aromatic N) is 3. The fourth-order valence-electron chi connectivity index (χ4n) is 3.60. The number of aromatic amines is 1. The van der Waals surface area contributed by atoms with E-state index in [2.05, 4.69) is 9.97 Å². The number of imidazole rings is 1. The van der Waals surface area contributed by atoms with Gasteiger partial charge < -0.3 is 19.5 Å². The van der Waals surface area contributed by atoms with Gasteiger partial charge in [-0.1, -0.05) is 11.6 Å². The van der Waals surface area contributed by atoms with E-state index in [1.807, 2.05) is 4.90 Å². The number of fused-ring (bicyclic) bond motifs is 1. The van der Waals surface area contributed by atoms with Crippen LogP contribution in [0.4, 0.5) is 5.69 Å². The van der Waals surface area contributed by atoms with Crippen LogP contribution in [0.15, 0.2) is 24.5 Å². The second kappa shape index (κ2) is 6.64. The van der Waals surface area contributed by atoms with E-state index < -0.39 is 0 Å². The van der Waals surface area contributed by atoms with Gasteiger partial charge in [-0.25, -0.2) is 4.98 Å². The molecular formula is C18H19ClN4O3. The van der Waals surface area contributed by atoms with Gasteiger partial charge in [0.05, 0.1) is 42.3 Å². The molecule has 8 heteroatoms. The lowest BCUT2D eigenvalue weighted by molar-refractivity contribution is -0.136. The van der Waals surface area contributed by atoms with Gasteiger partial charge in [-0.15, -0.1) is 0 Å². The van der Waals surface area contributed by atoms with Crippen molar-refractivity contribution in [1.29, 1.82) is 0 Å². The fourth-order valence-corrected chi connectivity index (χ4v) is 3.86. The summed E-state index contributed by atoms with van der Waals surface area (Å²) in [6.45, 7) is 1.52. The lowest BCUT2D eigenvalue weighted by atomic mass is 10.0. The minimum atomic E-state index is -0.340. The first-order valence-corrected chi connectivity index (χ1v) is 8.88. The number of benzene rings is 1. The number of amides is 2. The van der Waals surface area contributed by atoms with Crippen molar-refractivity contribution in [3.05, 3.63) is 40.9 Å². The van der Waals surface area contributed by atoms with E-state index in [0.717, 1.165) is 17.8 Å². The van der Waals surface area contributed by atoms with Crippen LogP contribution in [0, 0.1) is 5.92 Å². The summed E-state index contributed by atoms with van der Waals surface area (Å²) in [7, 11) is 1.54. The summed E-state index contributed by atoms with van der Waals surface area (Å²) >= 11 is 6.17. The van der Waals surface area contributed by atoms with E-state index in [9.17, 15) is 9.59 Å². The van der Waals surface area contributed by atoms with Gasteiger partial charge in [0.2, 0.25) is 11.8 Å². The standard InChI is InChI=1S/C18H19ClN4O3/c1-26-16-3-2-12(7-13(16)19)23-8-11(6-17(23)24)18(25)22-5-4-14-15(9-22)21-10-20-14/h2-3,7,10-11H,4-6,8-9H2,1H3,(H,20,21)/t11-/m1/s1. The number of halogens is 1. The predicted molar refractivity (Wildman–Crippen MR) is 96.2 cm³/mol. The van der Waals surface area contributed by atoms with E-state index in [-0.39, 0.29) is 24.2 Å². The molecule has 1 aromatic carbocycles. The van der Waals surface area contributed by atoms with Crippen LogP contribution in [0.5, 0.6) is 5.75 Å². The second-order valence-corrected chi connectivity index (χ2v) is 6.97. The van der Waals surface area contributed by atoms with Crippen molar-refractivity contribution in [1.82, 2.24) is 14.9 Å². The molecule has 26 heavy (non-hydrogen) atoms. The maximum atomic E-state index is 12.9. The van der Waals surface area contributed by atoms with Crippen LogP contribution < -0.4 is 9.64 Å². The summed E-state index contributed by atoms with van der Waals surface area (Å²) in [6, 6.07) is 5.21. The topological polar surface area (TPSA) is 78.5 Å². The highest BCUT2D eigenvalue weighted by molar-refractivity contribution is 6.32. The van der Waals surface area contributed by atoms with E-state index >= 15 is 0 Å². The van der Waals surface area contributed by atoms with Crippen molar-refractivity contribution >= 4 is 29.1 Å². The summed E-state index contributed by atoms with van der Waals surface area (Å²) in [5.41, 5.74) is 2.68. The number of aromatic nitrogens is 2. The van der Waals surface area contributed by atoms with Crippen LogP contribution in [-0.2, 0) is 22.6 Å². The highest BCUT2D eigenvalue weighted by Crippen LogP contribution is 2.33. The number of hydrogen-bond acceptors (Lipinski definition) is 4. The van der Waals surface area contributed by atoms with Crippen molar-refractivity contribution in [2.45, 2.75) is 19.4 Å². The number of methoxy groups -OCH3 is 1. The Hall–Kier alpha value is -2.54. The molecule has 3 heterocycles. The van der Waals surface area contributed by atoms with E-state index in [1.54, 1.807) is 36.5 Å². The van der Waals surface area contributed by atoms with E-state index in [1.165, 1.54) is 0 Å². The molecule has 1 aromatic heterocycles. The van der Waals surface area contributed by atoms with Gasteiger partial charge >= 0.3 is 0 Å². The number of carbonyl (C=O) groups is 2. The molecule has 0 radical (unpaired) electrons. The molecular weight excluding hydrogens is 356 g/mol. The van der Waals surface area contributed by atoms with Crippen LogP contribution >= 0.6 is 11.6 Å². The number of rotatable bonds is 3. The Bertz CT molecular complexity index is 866. The second-order valence-electron chi connectivity index (χ2n) is 6.56. The molecule has 136 valence electrons. The van der Waals surface area contributed by atoms with Gasteiger partial charge in [-0.05, 0) is 18.2 Å². The quantitative estimate of drug-likeness (QED) is 0.891. The minimum absolute atomic E-state index is 0.0145. The number of nitrogens with one attached hydrogen (secondary N) is 1. The summed E-state index contributed by atoms with van der Waals surface area (Å²) in [4.78, 5) is 36.1. The van der Waals surface area contributed by atoms with Crippen LogP contribution in [0.2, 0.25) is 5.02 Å². The number of anilines is 1. The van der Waals surface area contributed by atoms with Crippen LogP contribution in [0.3, 0.4) is 0 Å². The molecule has 4 rings (SSSR count).